The van der Waals surface area contributed by atoms with Gasteiger partial charge in [0, 0.05) is 120 Å². The molecular formula is C82H86N28O3. The third-order valence-corrected chi connectivity index (χ3v) is 17.6. The number of aromatic nitrogens is 25. The second-order valence-corrected chi connectivity index (χ2v) is 27.3. The van der Waals surface area contributed by atoms with Gasteiger partial charge in [0.2, 0.25) is 0 Å². The number of carbonyl (C=O) groups excluding carboxylic acids is 3. The lowest BCUT2D eigenvalue weighted by atomic mass is 10.1. The first kappa shape index (κ1) is 78.3. The van der Waals surface area contributed by atoms with E-state index in [1.807, 2.05) is 174 Å². The minimum absolute atomic E-state index is 0. The van der Waals surface area contributed by atoms with E-state index in [2.05, 4.69) is 122 Å². The molecular weight excluding hydrogens is 1430 g/mol. The van der Waals surface area contributed by atoms with E-state index in [1.165, 1.54) is 0 Å². The molecule has 572 valence electrons. The first-order valence-electron chi connectivity index (χ1n) is 36.2. The van der Waals surface area contributed by atoms with Gasteiger partial charge in [-0.15, -0.1) is 0 Å². The summed E-state index contributed by atoms with van der Waals surface area (Å²) in [5.74, 6) is 2.89. The summed E-state index contributed by atoms with van der Waals surface area (Å²) in [6.45, 7) is 23.4. The maximum atomic E-state index is 13.0. The molecule has 0 aromatic carbocycles. The third-order valence-electron chi connectivity index (χ3n) is 17.6. The van der Waals surface area contributed by atoms with Gasteiger partial charge in [0.1, 0.15) is 17.1 Å². The van der Waals surface area contributed by atoms with Crippen LogP contribution < -0.4 is 16.0 Å². The Labute approximate surface area is 652 Å². The second kappa shape index (κ2) is 35.4. The smallest absolute Gasteiger partial charge is 0.270 e. The Morgan fingerprint density at radius 3 is 1.06 bits per heavy atom. The molecule has 0 bridgehead atoms. The fourth-order valence-corrected chi connectivity index (χ4v) is 12.0. The number of nitrogens with one attached hydrogen (secondary N) is 6. The average Bonchev–Trinajstić information content (AvgIpc) is 1.01. The van der Waals surface area contributed by atoms with Crippen LogP contribution in [0.4, 0.5) is 0 Å². The van der Waals surface area contributed by atoms with Crippen molar-refractivity contribution >= 4 is 17.7 Å². The number of H-pyrrole nitrogens is 3. The van der Waals surface area contributed by atoms with Gasteiger partial charge >= 0.3 is 0 Å². The van der Waals surface area contributed by atoms with Gasteiger partial charge in [0.05, 0.1) is 89.0 Å². The molecule has 0 aliphatic carbocycles. The van der Waals surface area contributed by atoms with Gasteiger partial charge in [-0.2, -0.15) is 30.6 Å². The molecule has 0 spiro atoms. The van der Waals surface area contributed by atoms with Crippen molar-refractivity contribution in [2.24, 2.45) is 0 Å². The van der Waals surface area contributed by atoms with Crippen molar-refractivity contribution in [2.45, 2.75) is 134 Å². The van der Waals surface area contributed by atoms with Gasteiger partial charge in [-0.05, 0) is 195 Å². The van der Waals surface area contributed by atoms with E-state index in [4.69, 9.17) is 4.98 Å². The highest BCUT2D eigenvalue weighted by molar-refractivity contribution is 5.94. The van der Waals surface area contributed by atoms with Gasteiger partial charge < -0.3 is 16.0 Å². The number of aryl methyl sites for hydroxylation is 9. The Hall–Kier alpha value is -14.3. The molecule has 0 radical (unpaired) electrons. The quantitative estimate of drug-likeness (QED) is 0.0367. The lowest BCUT2D eigenvalue weighted by molar-refractivity contribution is 0.0923. The van der Waals surface area contributed by atoms with Crippen molar-refractivity contribution < 1.29 is 14.4 Å². The predicted molar refractivity (Wildman–Crippen MR) is 423 cm³/mol. The topological polar surface area (TPSA) is 394 Å². The van der Waals surface area contributed by atoms with E-state index >= 15 is 0 Å². The van der Waals surface area contributed by atoms with E-state index in [9.17, 15) is 14.4 Å². The van der Waals surface area contributed by atoms with Gasteiger partial charge in [0.25, 0.3) is 17.7 Å². The molecule has 0 fully saturated rings. The Kier molecular flexibility index (Phi) is 24.5. The zero-order chi connectivity index (χ0) is 78.5. The molecule has 0 unspecified atom stereocenters. The lowest BCUT2D eigenvalue weighted by Gasteiger charge is -2.17. The molecule has 15 heterocycles. The summed E-state index contributed by atoms with van der Waals surface area (Å²) in [7, 11) is 0. The molecule has 15 aromatic heterocycles. The SMILES string of the molecule is C.CC[C@@H](NC(=O)c1ccc(-c2nc(C)cc(Cc3cc(C)[nH]n3)n2)cn1)c1ccc(-n2cc(C)cn2)nc1.Cc1cnn(-c2ccc([C@@H](C)NC(=O)c3ccc(-c4nc(C)cc(Cc5cc(C)[nH]n5)n4)cn3)cn2)c1.Cc1cnn(-c2cnc([C@H](C)NC(=O)c3ccc(-c4nc(C)cc(Cc5cc(C)[nH]n5)n4)cn3)cn2)c1. The van der Waals surface area contributed by atoms with Crippen LogP contribution in [0.15, 0.2) is 178 Å². The first-order chi connectivity index (χ1) is 54.0. The van der Waals surface area contributed by atoms with Crippen LogP contribution in [0.1, 0.15) is 186 Å². The van der Waals surface area contributed by atoms with Crippen molar-refractivity contribution in [2.75, 3.05) is 0 Å². The van der Waals surface area contributed by atoms with Crippen molar-refractivity contribution in [3.63, 3.8) is 0 Å². The molecule has 3 atom stereocenters. The zero-order valence-corrected chi connectivity index (χ0v) is 63.9. The second-order valence-electron chi connectivity index (χ2n) is 27.3. The van der Waals surface area contributed by atoms with Crippen LogP contribution in [0, 0.1) is 62.3 Å². The van der Waals surface area contributed by atoms with Crippen molar-refractivity contribution in [3.05, 3.63) is 297 Å². The number of aromatic amines is 3. The minimum Gasteiger partial charge on any atom is -0.344 e. The van der Waals surface area contributed by atoms with Crippen molar-refractivity contribution in [1.29, 1.82) is 0 Å². The summed E-state index contributed by atoms with van der Waals surface area (Å²) in [4.78, 5) is 97.3. The molecule has 31 nitrogen and oxygen atoms in total. The van der Waals surface area contributed by atoms with Crippen LogP contribution in [-0.2, 0) is 19.3 Å². The van der Waals surface area contributed by atoms with Crippen molar-refractivity contribution in [3.8, 4) is 51.6 Å². The fourth-order valence-electron chi connectivity index (χ4n) is 12.0. The number of pyridine rings is 5. The van der Waals surface area contributed by atoms with E-state index in [-0.39, 0.29) is 49.0 Å². The van der Waals surface area contributed by atoms with Crippen LogP contribution in [0.25, 0.3) is 51.6 Å². The van der Waals surface area contributed by atoms with Crippen LogP contribution in [0.5, 0.6) is 0 Å². The summed E-state index contributed by atoms with van der Waals surface area (Å²) in [5, 5.41) is 43.5. The maximum absolute atomic E-state index is 13.0. The van der Waals surface area contributed by atoms with E-state index in [1.54, 1.807) is 100 Å². The summed E-state index contributed by atoms with van der Waals surface area (Å²) in [6, 6.07) is 29.2. The standard InChI is InChI=1S/C28H29N9O.C27H27N9O.C26H26N10O.CH4/c1-5-24(20-7-9-26(30-14-20)37-16-17(2)13-31-37)34-28(38)25-8-6-21(15-29-25)27-32-18(3)10-22(33-27)12-23-11-19(4)35-36-23;1-16-12-30-36(15-16)25-8-6-20(13-29-25)19(4)32-27(37)24-7-5-21(14-28-24)26-31-17(2)9-22(33-26)11-23-10-18(3)34-35-23;1-15-10-30-36(14-15)24-13-28-23(12-29-24)18(4)32-26(37)22-6-5-19(11-27-22)25-31-16(2)7-20(33-25)9-21-8-17(3)34-35-21;/h6-11,13-16,24H,5,12H2,1-4H3,(H,34,38)(H,35,36);5-10,12-15,19H,11H2,1-4H3,(H,32,37)(H,34,35);5-8,10-14,18H,9H2,1-4H3,(H,32,37)(H,34,35);1H4/t24-;19-;18-;/m110./s1. The number of rotatable bonds is 22. The number of carbonyl (C=O) groups is 3. The molecule has 0 aliphatic rings. The molecule has 15 rings (SSSR count). The molecule has 15 aromatic rings. The van der Waals surface area contributed by atoms with E-state index in [0.29, 0.717) is 71.9 Å². The van der Waals surface area contributed by atoms with E-state index in [0.717, 1.165) is 119 Å². The van der Waals surface area contributed by atoms with E-state index < -0.39 is 0 Å². The molecule has 6 N–H and O–H groups in total. The number of hydrogen-bond donors (Lipinski definition) is 6. The molecule has 3 amide bonds. The normalized spacial score (nSPS) is 11.8. The summed E-state index contributed by atoms with van der Waals surface area (Å²) >= 11 is 0. The number of hydrogen-bond acceptors (Lipinski definition) is 22. The first-order valence-corrected chi connectivity index (χ1v) is 36.2. The lowest BCUT2D eigenvalue weighted by Crippen LogP contribution is -2.29. The van der Waals surface area contributed by atoms with Crippen LogP contribution in [0.2, 0.25) is 0 Å². The zero-order valence-electron chi connectivity index (χ0n) is 63.9. The molecule has 0 aliphatic heterocycles. The Morgan fingerprint density at radius 1 is 0.372 bits per heavy atom. The van der Waals surface area contributed by atoms with Crippen molar-refractivity contribution in [1.82, 2.24) is 141 Å². The summed E-state index contributed by atoms with van der Waals surface area (Å²) in [5.41, 5.74) is 19.6. The maximum Gasteiger partial charge on any atom is 0.270 e. The minimum atomic E-state index is -0.358. The third kappa shape index (κ3) is 20.4. The Morgan fingerprint density at radius 2 is 0.743 bits per heavy atom. The van der Waals surface area contributed by atoms with Crippen LogP contribution in [-0.4, -0.2) is 142 Å². The molecule has 0 saturated carbocycles. The number of amides is 3. The molecule has 0 saturated heterocycles. The average molecular weight is 1510 g/mol. The van der Waals surface area contributed by atoms with Gasteiger partial charge in [-0.3, -0.25) is 49.6 Å². The molecule has 113 heavy (non-hydrogen) atoms. The Bertz CT molecular complexity index is 5510. The van der Waals surface area contributed by atoms with Gasteiger partial charge in [0.15, 0.2) is 34.9 Å². The largest absolute Gasteiger partial charge is 0.344 e. The predicted octanol–water partition coefficient (Wildman–Crippen LogP) is 12.0. The summed E-state index contributed by atoms with van der Waals surface area (Å²) in [6.07, 6.45) is 25.2. The Balaban J connectivity index is 0.000000156. The highest BCUT2D eigenvalue weighted by Crippen LogP contribution is 2.25. The number of nitrogens with zero attached hydrogens (tertiary/aromatic N) is 22. The molecule has 31 heteroatoms. The van der Waals surface area contributed by atoms with Gasteiger partial charge in [-0.25, -0.2) is 58.9 Å². The fraction of sp³-hybridized carbons (Fsp3) is 0.244. The van der Waals surface area contributed by atoms with Gasteiger partial charge in [-0.1, -0.05) is 26.5 Å². The van der Waals surface area contributed by atoms with Crippen LogP contribution in [0.3, 0.4) is 0 Å². The highest BCUT2D eigenvalue weighted by Gasteiger charge is 2.21. The van der Waals surface area contributed by atoms with Crippen LogP contribution >= 0.6 is 0 Å². The monoisotopic (exact) mass is 1510 g/mol. The summed E-state index contributed by atoms with van der Waals surface area (Å²) < 4.78 is 5.09. The highest BCUT2D eigenvalue weighted by atomic mass is 16.2.